The molecule has 0 saturated heterocycles. The summed E-state index contributed by atoms with van der Waals surface area (Å²) < 4.78 is 1.42. The zero-order chi connectivity index (χ0) is 16.0. The van der Waals surface area contributed by atoms with Crippen molar-refractivity contribution in [2.45, 2.75) is 96.5 Å². The van der Waals surface area contributed by atoms with E-state index in [0.717, 1.165) is 6.42 Å². The van der Waals surface area contributed by atoms with E-state index in [2.05, 4.69) is 47.7 Å². The van der Waals surface area contributed by atoms with Crippen LogP contribution in [-0.4, -0.2) is 11.2 Å². The van der Waals surface area contributed by atoms with Gasteiger partial charge in [0.15, 0.2) is 0 Å². The van der Waals surface area contributed by atoms with Gasteiger partial charge in [0.05, 0.1) is 6.10 Å². The van der Waals surface area contributed by atoms with Crippen LogP contribution in [0.4, 0.5) is 0 Å². The Morgan fingerprint density at radius 1 is 1.00 bits per heavy atom. The third kappa shape index (κ3) is 10.8. The molecule has 0 amide bonds. The molecule has 0 heterocycles. The number of halogens is 1. The molecule has 0 unspecified atom stereocenters. The summed E-state index contributed by atoms with van der Waals surface area (Å²) in [7, 11) is 0. The lowest BCUT2D eigenvalue weighted by Crippen LogP contribution is -2.20. The van der Waals surface area contributed by atoms with E-state index < -0.39 is 0 Å². The summed E-state index contributed by atoms with van der Waals surface area (Å²) in [6.45, 7) is 2.17. The van der Waals surface area contributed by atoms with Crippen molar-refractivity contribution in [1.29, 1.82) is 0 Å². The smallest absolute Gasteiger partial charge is 0.0749 e. The summed E-state index contributed by atoms with van der Waals surface area (Å²) in [5.41, 5.74) is 0. The predicted molar refractivity (Wildman–Crippen MR) is 106 cm³/mol. The highest BCUT2D eigenvalue weighted by molar-refractivity contribution is 14.1. The van der Waals surface area contributed by atoms with Crippen LogP contribution in [0.3, 0.4) is 0 Å². The first-order valence-corrected chi connectivity index (χ1v) is 10.4. The van der Waals surface area contributed by atoms with Crippen molar-refractivity contribution in [2.24, 2.45) is 5.92 Å². The molecule has 0 radical (unpaired) electrons. The summed E-state index contributed by atoms with van der Waals surface area (Å²) in [4.78, 5) is 0. The van der Waals surface area contributed by atoms with Crippen molar-refractivity contribution in [2.75, 3.05) is 0 Å². The molecule has 0 aromatic heterocycles. The number of rotatable bonds is 11. The number of hydrogen-bond acceptors (Lipinski definition) is 1. The Hall–Kier alpha value is 0.170. The molecule has 1 rings (SSSR count). The third-order valence-corrected chi connectivity index (χ3v) is 5.16. The van der Waals surface area contributed by atoms with E-state index in [1.54, 1.807) is 0 Å². The van der Waals surface area contributed by atoms with Crippen molar-refractivity contribution in [3.05, 3.63) is 21.8 Å². The standard InChI is InChI=1S/C20H35IO/c1-18(21)14-10-7-5-3-2-4-6-8-13-17-20(22)19-15-11-9-12-16-19/h13-14,17,19-20,22H,2-12,15-16H2,1H3/b17-13-,18-14-/t20-/m0/s1. The van der Waals surface area contributed by atoms with Crippen LogP contribution in [0.1, 0.15) is 90.4 Å². The van der Waals surface area contributed by atoms with Crippen LogP contribution in [0.5, 0.6) is 0 Å². The molecule has 1 atom stereocenters. The van der Waals surface area contributed by atoms with Gasteiger partial charge in [0.1, 0.15) is 0 Å². The van der Waals surface area contributed by atoms with Gasteiger partial charge in [0.2, 0.25) is 0 Å². The SMILES string of the molecule is C/C(I)=C/CCCCCCCC/C=C\[C@H](O)C1CCCCC1. The van der Waals surface area contributed by atoms with E-state index in [9.17, 15) is 5.11 Å². The summed E-state index contributed by atoms with van der Waals surface area (Å²) in [5, 5.41) is 10.1. The summed E-state index contributed by atoms with van der Waals surface area (Å²) in [5.74, 6) is 0.533. The fraction of sp³-hybridized carbons (Fsp3) is 0.800. The summed E-state index contributed by atoms with van der Waals surface area (Å²) in [6, 6.07) is 0. The maximum absolute atomic E-state index is 10.1. The first kappa shape index (κ1) is 20.2. The number of aliphatic hydroxyl groups excluding tert-OH is 1. The lowest BCUT2D eigenvalue weighted by molar-refractivity contribution is 0.125. The van der Waals surface area contributed by atoms with Gasteiger partial charge in [-0.2, -0.15) is 0 Å². The molecule has 128 valence electrons. The molecular weight excluding hydrogens is 383 g/mol. The normalized spacial score (nSPS) is 19.0. The lowest BCUT2D eigenvalue weighted by atomic mass is 9.85. The maximum Gasteiger partial charge on any atom is 0.0749 e. The predicted octanol–water partition coefficient (Wildman–Crippen LogP) is 6.94. The van der Waals surface area contributed by atoms with Crippen LogP contribution >= 0.6 is 22.6 Å². The highest BCUT2D eigenvalue weighted by Crippen LogP contribution is 2.27. The van der Waals surface area contributed by atoms with Crippen molar-refractivity contribution in [3.8, 4) is 0 Å². The fourth-order valence-electron chi connectivity index (χ4n) is 3.28. The summed E-state index contributed by atoms with van der Waals surface area (Å²) >= 11 is 2.38. The zero-order valence-corrected chi connectivity index (χ0v) is 16.6. The minimum atomic E-state index is -0.185. The molecule has 1 aliphatic carbocycles. The van der Waals surface area contributed by atoms with E-state index in [1.807, 2.05) is 0 Å². The summed E-state index contributed by atoms with van der Waals surface area (Å²) in [6.07, 6.45) is 23.3. The van der Waals surface area contributed by atoms with Crippen LogP contribution in [0.2, 0.25) is 0 Å². The largest absolute Gasteiger partial charge is 0.389 e. The Morgan fingerprint density at radius 2 is 1.59 bits per heavy atom. The van der Waals surface area contributed by atoms with Gasteiger partial charge in [-0.05, 0) is 77.5 Å². The maximum atomic E-state index is 10.1. The Balaban J connectivity index is 1.90. The fourth-order valence-corrected chi connectivity index (χ4v) is 3.59. The Bertz CT molecular complexity index is 312. The van der Waals surface area contributed by atoms with Gasteiger partial charge in [-0.25, -0.2) is 0 Å². The van der Waals surface area contributed by atoms with E-state index in [4.69, 9.17) is 0 Å². The topological polar surface area (TPSA) is 20.2 Å². The molecule has 0 aromatic carbocycles. The van der Waals surface area contributed by atoms with Crippen molar-refractivity contribution in [1.82, 2.24) is 0 Å². The van der Waals surface area contributed by atoms with Crippen molar-refractivity contribution < 1.29 is 5.11 Å². The van der Waals surface area contributed by atoms with Crippen LogP contribution in [0.15, 0.2) is 21.8 Å². The van der Waals surface area contributed by atoms with Gasteiger partial charge in [0.25, 0.3) is 0 Å². The molecule has 0 aliphatic heterocycles. The zero-order valence-electron chi connectivity index (χ0n) is 14.4. The van der Waals surface area contributed by atoms with Crippen LogP contribution in [0.25, 0.3) is 0 Å². The van der Waals surface area contributed by atoms with Gasteiger partial charge in [-0.3, -0.25) is 0 Å². The Kier molecular flexibility index (Phi) is 12.5. The monoisotopic (exact) mass is 418 g/mol. The van der Waals surface area contributed by atoms with E-state index in [1.165, 1.54) is 80.6 Å². The van der Waals surface area contributed by atoms with E-state index >= 15 is 0 Å². The first-order chi connectivity index (χ1) is 10.7. The number of aliphatic hydroxyl groups is 1. The molecule has 1 N–H and O–H groups in total. The lowest BCUT2D eigenvalue weighted by Gasteiger charge is -2.24. The minimum absolute atomic E-state index is 0.185. The first-order valence-electron chi connectivity index (χ1n) is 9.37. The Labute approximate surface area is 151 Å². The number of hydrogen-bond donors (Lipinski definition) is 1. The van der Waals surface area contributed by atoms with Crippen LogP contribution in [0, 0.1) is 5.92 Å². The third-order valence-electron chi connectivity index (χ3n) is 4.72. The number of allylic oxidation sites excluding steroid dienone is 3. The quantitative estimate of drug-likeness (QED) is 0.219. The molecule has 1 aliphatic rings. The van der Waals surface area contributed by atoms with E-state index in [0.29, 0.717) is 5.92 Å². The molecule has 0 bridgehead atoms. The molecule has 2 heteroatoms. The molecule has 0 aromatic rings. The second-order valence-corrected chi connectivity index (χ2v) is 8.51. The molecule has 1 fully saturated rings. The highest BCUT2D eigenvalue weighted by atomic mass is 127. The Morgan fingerprint density at radius 3 is 2.23 bits per heavy atom. The van der Waals surface area contributed by atoms with Gasteiger partial charge in [-0.1, -0.05) is 63.2 Å². The van der Waals surface area contributed by atoms with Gasteiger partial charge >= 0.3 is 0 Å². The average molecular weight is 418 g/mol. The van der Waals surface area contributed by atoms with Gasteiger partial charge in [0, 0.05) is 0 Å². The molecular formula is C20H35IO. The molecule has 1 saturated carbocycles. The number of unbranched alkanes of at least 4 members (excludes halogenated alkanes) is 7. The highest BCUT2D eigenvalue weighted by Gasteiger charge is 2.18. The minimum Gasteiger partial charge on any atom is -0.389 e. The second kappa shape index (κ2) is 13.6. The molecule has 0 spiro atoms. The van der Waals surface area contributed by atoms with Gasteiger partial charge in [-0.15, -0.1) is 0 Å². The van der Waals surface area contributed by atoms with Gasteiger partial charge < -0.3 is 5.11 Å². The van der Waals surface area contributed by atoms with Crippen molar-refractivity contribution >= 4 is 22.6 Å². The second-order valence-electron chi connectivity index (χ2n) is 6.81. The molecule has 1 nitrogen and oxygen atoms in total. The van der Waals surface area contributed by atoms with Crippen molar-refractivity contribution in [3.63, 3.8) is 0 Å². The van der Waals surface area contributed by atoms with Crippen LogP contribution in [-0.2, 0) is 0 Å². The molecule has 22 heavy (non-hydrogen) atoms. The van der Waals surface area contributed by atoms with E-state index in [-0.39, 0.29) is 6.10 Å². The average Bonchev–Trinajstić information content (AvgIpc) is 2.53. The van der Waals surface area contributed by atoms with Crippen LogP contribution < -0.4 is 0 Å².